The Balaban J connectivity index is 2.68. The van der Waals surface area contributed by atoms with Gasteiger partial charge in [0.15, 0.2) is 0 Å². The Kier molecular flexibility index (Phi) is 4.62. The fourth-order valence-electron chi connectivity index (χ4n) is 1.26. The molecule has 0 aromatic heterocycles. The van der Waals surface area contributed by atoms with Crippen LogP contribution in [0.4, 0.5) is 0 Å². The van der Waals surface area contributed by atoms with Gasteiger partial charge in [0.25, 0.3) is 0 Å². The second-order valence-electron chi connectivity index (χ2n) is 3.47. The van der Waals surface area contributed by atoms with Gasteiger partial charge in [-0.2, -0.15) is 0 Å². The summed E-state index contributed by atoms with van der Waals surface area (Å²) in [5.74, 6) is -1.95. The molecule has 0 radical (unpaired) electrons. The summed E-state index contributed by atoms with van der Waals surface area (Å²) in [5.41, 5.74) is 6.23. The molecule has 0 aliphatic heterocycles. The highest BCUT2D eigenvalue weighted by molar-refractivity contribution is 5.87. The van der Waals surface area contributed by atoms with Crippen LogP contribution in [-0.4, -0.2) is 34.7 Å². The predicted octanol–water partition coefficient (Wildman–Crippen LogP) is -0.752. The molecule has 0 bridgehead atoms. The maximum absolute atomic E-state index is 11.6. The lowest BCUT2D eigenvalue weighted by molar-refractivity contribution is -0.143. The Hall–Kier alpha value is -1.92. The number of aliphatic hydroxyl groups is 1. The smallest absolute Gasteiger partial charge is 0.328 e. The number of aliphatic hydroxyl groups excluding tert-OH is 1. The van der Waals surface area contributed by atoms with Gasteiger partial charge in [0.1, 0.15) is 12.1 Å². The average molecular weight is 238 g/mol. The van der Waals surface area contributed by atoms with E-state index in [-0.39, 0.29) is 0 Å². The first-order valence-electron chi connectivity index (χ1n) is 5.01. The number of hydrogen-bond donors (Lipinski definition) is 4. The van der Waals surface area contributed by atoms with Gasteiger partial charge in [-0.05, 0) is 5.56 Å². The highest BCUT2D eigenvalue weighted by Crippen LogP contribution is 2.09. The summed E-state index contributed by atoms with van der Waals surface area (Å²) in [5, 5.41) is 19.6. The minimum Gasteiger partial charge on any atom is -0.480 e. The van der Waals surface area contributed by atoms with Crippen molar-refractivity contribution in [3.8, 4) is 0 Å². The first-order chi connectivity index (χ1) is 8.06. The van der Waals surface area contributed by atoms with Crippen LogP contribution in [0, 0.1) is 0 Å². The molecule has 0 aliphatic carbocycles. The molecule has 0 saturated carbocycles. The zero-order valence-corrected chi connectivity index (χ0v) is 9.04. The second kappa shape index (κ2) is 5.97. The summed E-state index contributed by atoms with van der Waals surface area (Å²) in [4.78, 5) is 22.2. The van der Waals surface area contributed by atoms with Gasteiger partial charge in [-0.15, -0.1) is 0 Å². The number of nitrogens with two attached hydrogens (primary N) is 1. The number of rotatable bonds is 5. The molecule has 1 aromatic rings. The predicted molar refractivity (Wildman–Crippen MR) is 60.0 cm³/mol. The molecule has 0 aliphatic rings. The molecule has 0 fully saturated rings. The van der Waals surface area contributed by atoms with Crippen molar-refractivity contribution < 1.29 is 19.8 Å². The number of carbonyl (C=O) groups excluding carboxylic acids is 1. The van der Waals surface area contributed by atoms with Gasteiger partial charge in [0.2, 0.25) is 5.91 Å². The van der Waals surface area contributed by atoms with Crippen molar-refractivity contribution in [3.63, 3.8) is 0 Å². The van der Waals surface area contributed by atoms with Gasteiger partial charge in [0.05, 0.1) is 6.61 Å². The molecule has 6 heteroatoms. The highest BCUT2D eigenvalue weighted by Gasteiger charge is 2.23. The van der Waals surface area contributed by atoms with E-state index in [1.54, 1.807) is 30.3 Å². The number of carboxylic acid groups (broad SMARTS) is 1. The van der Waals surface area contributed by atoms with Crippen LogP contribution in [0.1, 0.15) is 11.6 Å². The summed E-state index contributed by atoms with van der Waals surface area (Å²) in [7, 11) is 0. The van der Waals surface area contributed by atoms with E-state index in [1.165, 1.54) is 0 Å². The lowest BCUT2D eigenvalue weighted by atomic mass is 10.1. The van der Waals surface area contributed by atoms with Crippen LogP contribution >= 0.6 is 0 Å². The van der Waals surface area contributed by atoms with E-state index in [1.807, 2.05) is 0 Å². The Morgan fingerprint density at radius 1 is 1.29 bits per heavy atom. The SMILES string of the molecule is NC(C(=O)N[C@@H](CO)C(=O)O)c1ccccc1. The minimum absolute atomic E-state index is 0.576. The van der Waals surface area contributed by atoms with Gasteiger partial charge in [-0.3, -0.25) is 4.79 Å². The number of benzene rings is 1. The fraction of sp³-hybridized carbons (Fsp3) is 0.273. The van der Waals surface area contributed by atoms with Crippen LogP contribution in [0.3, 0.4) is 0 Å². The van der Waals surface area contributed by atoms with Gasteiger partial charge in [0, 0.05) is 0 Å². The van der Waals surface area contributed by atoms with Crippen molar-refractivity contribution in [2.75, 3.05) is 6.61 Å². The second-order valence-corrected chi connectivity index (χ2v) is 3.47. The Labute approximate surface area is 98.1 Å². The summed E-state index contributed by atoms with van der Waals surface area (Å²) in [6.07, 6.45) is 0. The van der Waals surface area contributed by atoms with Crippen molar-refractivity contribution in [1.29, 1.82) is 0 Å². The van der Waals surface area contributed by atoms with E-state index in [9.17, 15) is 9.59 Å². The number of hydrogen-bond acceptors (Lipinski definition) is 4. The van der Waals surface area contributed by atoms with Gasteiger partial charge in [-0.25, -0.2) is 4.79 Å². The van der Waals surface area contributed by atoms with Crippen LogP contribution in [-0.2, 0) is 9.59 Å². The zero-order valence-electron chi connectivity index (χ0n) is 9.04. The van der Waals surface area contributed by atoms with Crippen LogP contribution in [0.15, 0.2) is 30.3 Å². The van der Waals surface area contributed by atoms with Crippen molar-refractivity contribution in [2.45, 2.75) is 12.1 Å². The summed E-state index contributed by atoms with van der Waals surface area (Å²) < 4.78 is 0. The molecule has 6 nitrogen and oxygen atoms in total. The van der Waals surface area contributed by atoms with E-state index in [0.29, 0.717) is 5.56 Å². The number of aliphatic carboxylic acids is 1. The lowest BCUT2D eigenvalue weighted by Gasteiger charge is -2.16. The molecule has 1 aromatic carbocycles. The van der Waals surface area contributed by atoms with E-state index in [0.717, 1.165) is 0 Å². The van der Waals surface area contributed by atoms with Crippen LogP contribution in [0.25, 0.3) is 0 Å². The third-order valence-electron chi connectivity index (χ3n) is 2.24. The molecule has 5 N–H and O–H groups in total. The van der Waals surface area contributed by atoms with Crippen LogP contribution in [0.2, 0.25) is 0 Å². The number of carbonyl (C=O) groups is 2. The van der Waals surface area contributed by atoms with E-state index < -0.39 is 30.6 Å². The Morgan fingerprint density at radius 2 is 1.88 bits per heavy atom. The summed E-state index contributed by atoms with van der Waals surface area (Å²) in [6, 6.07) is 6.27. The van der Waals surface area contributed by atoms with E-state index in [2.05, 4.69) is 5.32 Å². The molecule has 0 saturated heterocycles. The van der Waals surface area contributed by atoms with Crippen LogP contribution < -0.4 is 11.1 Å². The lowest BCUT2D eigenvalue weighted by Crippen LogP contribution is -2.46. The number of amides is 1. The average Bonchev–Trinajstić information content (AvgIpc) is 2.35. The zero-order chi connectivity index (χ0) is 12.8. The van der Waals surface area contributed by atoms with Crippen molar-refractivity contribution in [3.05, 3.63) is 35.9 Å². The van der Waals surface area contributed by atoms with E-state index in [4.69, 9.17) is 15.9 Å². The summed E-state index contributed by atoms with van der Waals surface area (Å²) >= 11 is 0. The van der Waals surface area contributed by atoms with Crippen molar-refractivity contribution in [2.24, 2.45) is 5.73 Å². The molecular formula is C11H14N2O4. The Morgan fingerprint density at radius 3 is 2.35 bits per heavy atom. The standard InChI is InChI=1S/C11H14N2O4/c12-9(7-4-2-1-3-5-7)10(15)13-8(6-14)11(16)17/h1-5,8-9,14H,6,12H2,(H,13,15)(H,16,17)/t8-,9?/m0/s1. The molecule has 1 rings (SSSR count). The van der Waals surface area contributed by atoms with Gasteiger partial charge in [-0.1, -0.05) is 30.3 Å². The Bertz CT molecular complexity index is 394. The molecule has 1 amide bonds. The molecular weight excluding hydrogens is 224 g/mol. The monoisotopic (exact) mass is 238 g/mol. The quantitative estimate of drug-likeness (QED) is 0.539. The van der Waals surface area contributed by atoms with Gasteiger partial charge < -0.3 is 21.3 Å². The maximum atomic E-state index is 11.6. The molecule has 1 unspecified atom stereocenters. The first-order valence-corrected chi connectivity index (χ1v) is 5.01. The third kappa shape index (κ3) is 3.54. The maximum Gasteiger partial charge on any atom is 0.328 e. The molecule has 92 valence electrons. The third-order valence-corrected chi connectivity index (χ3v) is 2.24. The normalized spacial score (nSPS) is 13.8. The molecule has 0 heterocycles. The highest BCUT2D eigenvalue weighted by atomic mass is 16.4. The summed E-state index contributed by atoms with van der Waals surface area (Å²) in [6.45, 7) is -0.678. The van der Waals surface area contributed by atoms with Crippen molar-refractivity contribution in [1.82, 2.24) is 5.32 Å². The van der Waals surface area contributed by atoms with Crippen LogP contribution in [0.5, 0.6) is 0 Å². The minimum atomic E-state index is -1.34. The topological polar surface area (TPSA) is 113 Å². The van der Waals surface area contributed by atoms with Crippen molar-refractivity contribution >= 4 is 11.9 Å². The molecule has 0 spiro atoms. The number of nitrogens with one attached hydrogen (secondary N) is 1. The molecule has 2 atom stereocenters. The first kappa shape index (κ1) is 13.1. The van der Waals surface area contributed by atoms with Gasteiger partial charge >= 0.3 is 5.97 Å². The van der Waals surface area contributed by atoms with E-state index >= 15 is 0 Å². The molecule has 17 heavy (non-hydrogen) atoms. The number of carboxylic acids is 1. The fourth-order valence-corrected chi connectivity index (χ4v) is 1.26. The largest absolute Gasteiger partial charge is 0.480 e.